The van der Waals surface area contributed by atoms with E-state index in [1.807, 2.05) is 30.3 Å². The van der Waals surface area contributed by atoms with Crippen LogP contribution in [0.4, 0.5) is 4.39 Å². The monoisotopic (exact) mass is 311 g/mol. The predicted molar refractivity (Wildman–Crippen MR) is 81.6 cm³/mol. The Labute approximate surface area is 130 Å². The molecule has 0 heterocycles. The first-order chi connectivity index (χ1) is 10.6. The van der Waals surface area contributed by atoms with E-state index in [0.29, 0.717) is 6.54 Å². The quantitative estimate of drug-likeness (QED) is 0.399. The van der Waals surface area contributed by atoms with E-state index >= 15 is 0 Å². The Hall–Kier alpha value is -1.79. The van der Waals surface area contributed by atoms with Crippen molar-refractivity contribution in [1.29, 1.82) is 0 Å². The van der Waals surface area contributed by atoms with Crippen LogP contribution in [0, 0.1) is 0 Å². The van der Waals surface area contributed by atoms with Gasteiger partial charge in [0.2, 0.25) is 5.79 Å². The maximum absolute atomic E-state index is 13.4. The van der Waals surface area contributed by atoms with Crippen molar-refractivity contribution in [3.8, 4) is 0 Å². The summed E-state index contributed by atoms with van der Waals surface area (Å²) < 4.78 is 28.6. The average Bonchev–Trinajstić information content (AvgIpc) is 2.55. The summed E-state index contributed by atoms with van der Waals surface area (Å²) >= 11 is 0. The van der Waals surface area contributed by atoms with Gasteiger partial charge in [0.1, 0.15) is 6.67 Å². The molecule has 1 aromatic rings. The first-order valence-electron chi connectivity index (χ1n) is 7.01. The fraction of sp³-hybridized carbons (Fsp3) is 0.500. The zero-order valence-corrected chi connectivity index (χ0v) is 13.2. The molecule has 0 amide bonds. The Morgan fingerprint density at radius 3 is 2.36 bits per heavy atom. The minimum absolute atomic E-state index is 0.169. The molecule has 0 saturated carbocycles. The van der Waals surface area contributed by atoms with E-state index in [2.05, 4.69) is 4.99 Å². The van der Waals surface area contributed by atoms with Crippen molar-refractivity contribution in [2.45, 2.75) is 25.7 Å². The van der Waals surface area contributed by atoms with E-state index in [1.165, 1.54) is 14.2 Å². The first kappa shape index (κ1) is 18.3. The number of rotatable bonds is 9. The summed E-state index contributed by atoms with van der Waals surface area (Å²) in [4.78, 5) is 16.0. The molecule has 5 nitrogen and oxygen atoms in total. The molecule has 0 radical (unpaired) electrons. The molecule has 0 aromatic heterocycles. The van der Waals surface area contributed by atoms with Gasteiger partial charge in [-0.3, -0.25) is 9.79 Å². The van der Waals surface area contributed by atoms with Crippen LogP contribution in [0.25, 0.3) is 0 Å². The highest BCUT2D eigenvalue weighted by molar-refractivity contribution is 6.03. The molecule has 0 unspecified atom stereocenters. The largest absolute Gasteiger partial charge is 0.466 e. The van der Waals surface area contributed by atoms with Gasteiger partial charge in [-0.2, -0.15) is 0 Å². The maximum atomic E-state index is 13.4. The van der Waals surface area contributed by atoms with Crippen LogP contribution in [0.2, 0.25) is 0 Å². The summed E-state index contributed by atoms with van der Waals surface area (Å²) in [6.07, 6.45) is -0.188. The number of benzene rings is 1. The zero-order valence-electron chi connectivity index (χ0n) is 13.2. The predicted octanol–water partition coefficient (Wildman–Crippen LogP) is 2.54. The fourth-order valence-corrected chi connectivity index (χ4v) is 1.94. The van der Waals surface area contributed by atoms with Gasteiger partial charge >= 0.3 is 5.97 Å². The molecular weight excluding hydrogens is 289 g/mol. The van der Waals surface area contributed by atoms with E-state index in [9.17, 15) is 9.18 Å². The van der Waals surface area contributed by atoms with E-state index in [-0.39, 0.29) is 18.7 Å². The van der Waals surface area contributed by atoms with Crippen LogP contribution in [-0.2, 0) is 25.5 Å². The number of halogens is 1. The van der Waals surface area contributed by atoms with Crippen molar-refractivity contribution in [3.05, 3.63) is 35.9 Å². The molecule has 6 heteroatoms. The lowest BCUT2D eigenvalue weighted by molar-refractivity contribution is -0.166. The molecule has 0 aliphatic heterocycles. The lowest BCUT2D eigenvalue weighted by Gasteiger charge is -2.29. The molecule has 122 valence electrons. The third-order valence-electron chi connectivity index (χ3n) is 3.19. The Kier molecular flexibility index (Phi) is 7.70. The number of methoxy groups -OCH3 is 2. The average molecular weight is 311 g/mol. The van der Waals surface area contributed by atoms with Crippen LogP contribution in [0.5, 0.6) is 0 Å². The van der Waals surface area contributed by atoms with Crippen molar-refractivity contribution in [2.24, 2.45) is 4.99 Å². The molecule has 0 bridgehead atoms. The molecule has 0 aliphatic carbocycles. The molecule has 0 saturated heterocycles. The molecule has 0 atom stereocenters. The Bertz CT molecular complexity index is 478. The molecule has 0 fully saturated rings. The van der Waals surface area contributed by atoms with Gasteiger partial charge < -0.3 is 14.2 Å². The van der Waals surface area contributed by atoms with Gasteiger partial charge in [-0.1, -0.05) is 30.3 Å². The van der Waals surface area contributed by atoms with Crippen LogP contribution in [0.3, 0.4) is 0 Å². The number of carbonyl (C=O) groups is 1. The van der Waals surface area contributed by atoms with Gasteiger partial charge in [0.05, 0.1) is 25.3 Å². The van der Waals surface area contributed by atoms with E-state index in [4.69, 9.17) is 14.2 Å². The second-order valence-electron chi connectivity index (χ2n) is 4.53. The lowest BCUT2D eigenvalue weighted by Crippen LogP contribution is -2.46. The van der Waals surface area contributed by atoms with Crippen molar-refractivity contribution >= 4 is 11.7 Å². The first-order valence-corrected chi connectivity index (χ1v) is 7.01. The second-order valence-corrected chi connectivity index (χ2v) is 4.53. The van der Waals surface area contributed by atoms with Gasteiger partial charge in [0.15, 0.2) is 0 Å². The number of esters is 1. The third-order valence-corrected chi connectivity index (χ3v) is 3.19. The third kappa shape index (κ3) is 4.89. The minimum atomic E-state index is -1.67. The summed E-state index contributed by atoms with van der Waals surface area (Å²) in [6, 6.07) is 9.43. The van der Waals surface area contributed by atoms with E-state index in [0.717, 1.165) is 5.56 Å². The van der Waals surface area contributed by atoms with Gasteiger partial charge in [-0.15, -0.1) is 0 Å². The van der Waals surface area contributed by atoms with E-state index in [1.54, 1.807) is 6.92 Å². The van der Waals surface area contributed by atoms with Gasteiger partial charge in [-0.25, -0.2) is 4.39 Å². The second kappa shape index (κ2) is 9.27. The van der Waals surface area contributed by atoms with Gasteiger partial charge in [0.25, 0.3) is 0 Å². The standard InChI is InChI=1S/C16H22FNO4/c1-4-22-15(19)10-14(16(12-17,20-2)21-3)18-11-13-8-6-5-7-9-13/h5-9H,4,10-12H2,1-3H3. The lowest BCUT2D eigenvalue weighted by atomic mass is 10.1. The smallest absolute Gasteiger partial charge is 0.311 e. The van der Waals surface area contributed by atoms with Crippen molar-refractivity contribution in [1.82, 2.24) is 0 Å². The van der Waals surface area contributed by atoms with Gasteiger partial charge in [-0.05, 0) is 12.5 Å². The van der Waals surface area contributed by atoms with Crippen LogP contribution in [0.15, 0.2) is 35.3 Å². The number of ether oxygens (including phenoxy) is 3. The van der Waals surface area contributed by atoms with Crippen LogP contribution in [-0.4, -0.2) is 45.0 Å². The minimum Gasteiger partial charge on any atom is -0.466 e. The number of nitrogens with zero attached hydrogens (tertiary/aromatic N) is 1. The fourth-order valence-electron chi connectivity index (χ4n) is 1.94. The normalized spacial score (nSPS) is 12.3. The van der Waals surface area contributed by atoms with Crippen LogP contribution in [0.1, 0.15) is 18.9 Å². The molecule has 0 N–H and O–H groups in total. The van der Waals surface area contributed by atoms with Crippen LogP contribution < -0.4 is 0 Å². The summed E-state index contributed by atoms with van der Waals surface area (Å²) in [5.74, 6) is -2.16. The van der Waals surface area contributed by atoms with Crippen molar-refractivity contribution in [3.63, 3.8) is 0 Å². The number of carbonyl (C=O) groups excluding carboxylic acids is 1. The Morgan fingerprint density at radius 2 is 1.86 bits per heavy atom. The van der Waals surface area contributed by atoms with Gasteiger partial charge in [0, 0.05) is 14.2 Å². The highest BCUT2D eigenvalue weighted by Crippen LogP contribution is 2.19. The summed E-state index contributed by atoms with van der Waals surface area (Å²) in [5, 5.41) is 0. The molecule has 0 aliphatic rings. The molecule has 0 spiro atoms. The maximum Gasteiger partial charge on any atom is 0.311 e. The molecule has 1 rings (SSSR count). The molecule has 1 aromatic carbocycles. The summed E-state index contributed by atoms with van der Waals surface area (Å²) in [5.41, 5.74) is 1.10. The highest BCUT2D eigenvalue weighted by atomic mass is 19.1. The number of hydrogen-bond donors (Lipinski definition) is 0. The number of alkyl halides is 1. The summed E-state index contributed by atoms with van der Waals surface area (Å²) in [6.45, 7) is 1.29. The van der Waals surface area contributed by atoms with Crippen molar-refractivity contribution in [2.75, 3.05) is 27.5 Å². The Morgan fingerprint density at radius 1 is 1.23 bits per heavy atom. The number of aliphatic imine (C=N–C) groups is 1. The molecule has 22 heavy (non-hydrogen) atoms. The van der Waals surface area contributed by atoms with Crippen molar-refractivity contribution < 1.29 is 23.4 Å². The zero-order chi connectivity index (χ0) is 16.4. The Balaban J connectivity index is 3.01. The molecular formula is C16H22FNO4. The van der Waals surface area contributed by atoms with E-state index < -0.39 is 18.4 Å². The topological polar surface area (TPSA) is 57.1 Å². The van der Waals surface area contributed by atoms with Crippen LogP contribution >= 0.6 is 0 Å². The summed E-state index contributed by atoms with van der Waals surface area (Å²) in [7, 11) is 2.62. The highest BCUT2D eigenvalue weighted by Gasteiger charge is 2.38. The number of hydrogen-bond acceptors (Lipinski definition) is 5. The SMILES string of the molecule is CCOC(=O)CC(=NCc1ccccc1)C(CF)(OC)OC.